The van der Waals surface area contributed by atoms with E-state index in [0.717, 1.165) is 12.8 Å². The van der Waals surface area contributed by atoms with E-state index in [1.165, 1.54) is 62.5 Å². The van der Waals surface area contributed by atoms with Gasteiger partial charge in [0.2, 0.25) is 0 Å². The van der Waals surface area contributed by atoms with Crippen LogP contribution in [0.1, 0.15) is 91.9 Å². The Morgan fingerprint density at radius 1 is 0.714 bits per heavy atom. The second-order valence-corrected chi connectivity index (χ2v) is 16.7. The molecule has 0 spiro atoms. The number of allylic oxidation sites excluding steroid dienone is 8. The van der Waals surface area contributed by atoms with E-state index in [1.54, 1.807) is 34.5 Å². The van der Waals surface area contributed by atoms with Crippen molar-refractivity contribution in [2.24, 2.45) is 0 Å². The molecule has 0 aromatic rings. The van der Waals surface area contributed by atoms with E-state index in [0.29, 0.717) is 0 Å². The Kier molecular flexibility index (Phi) is 26.5. The summed E-state index contributed by atoms with van der Waals surface area (Å²) in [6, 6.07) is 0. The molecule has 0 fully saturated rings. The van der Waals surface area contributed by atoms with Crippen LogP contribution in [0.25, 0.3) is 0 Å². The normalized spacial score (nSPS) is 14.0. The van der Waals surface area contributed by atoms with E-state index in [1.807, 2.05) is 0 Å². The first-order valence-electron chi connectivity index (χ1n) is 10.6. The summed E-state index contributed by atoms with van der Waals surface area (Å²) in [6.07, 6.45) is 23.7. The largest absolute Gasteiger partial charge is 1.00 e. The molecule has 160 valence electrons. The van der Waals surface area contributed by atoms with E-state index < -0.39 is 0 Å². The van der Waals surface area contributed by atoms with E-state index in [2.05, 4.69) is 65.1 Å². The van der Waals surface area contributed by atoms with Gasteiger partial charge in [-0.05, 0) is 12.8 Å². The Bertz CT molecular complexity index is 485. The predicted molar refractivity (Wildman–Crippen MR) is 116 cm³/mol. The van der Waals surface area contributed by atoms with Crippen molar-refractivity contribution in [2.45, 2.75) is 105 Å². The van der Waals surface area contributed by atoms with Gasteiger partial charge in [-0.1, -0.05) is 66.2 Å². The van der Waals surface area contributed by atoms with E-state index >= 15 is 0 Å². The van der Waals surface area contributed by atoms with Gasteiger partial charge >= 0.3 is 41.9 Å². The standard InChI is InChI=1S/2C11H17.C2H6Si.2ClH.Zr/c2*1-3-5-10-7-8-11(9-10)6-4-2;1-3-2;;;/h2*9H,3-7H2,1-2H3;1-2H3;2*1H;/q2*-1;;;;+2/p-2. The van der Waals surface area contributed by atoms with Gasteiger partial charge in [-0.3, -0.25) is 12.2 Å². The quantitative estimate of drug-likeness (QED) is 0.341. The summed E-state index contributed by atoms with van der Waals surface area (Å²) >= 11 is 1.74. The van der Waals surface area contributed by atoms with Crippen molar-refractivity contribution in [2.75, 3.05) is 0 Å². The third-order valence-corrected chi connectivity index (χ3v) is 4.02. The van der Waals surface area contributed by atoms with Crippen LogP contribution in [0.5, 0.6) is 0 Å². The number of hydrogen-bond acceptors (Lipinski definition) is 0. The molecule has 2 rings (SSSR count). The maximum absolute atomic E-state index is 3.42. The molecule has 0 heterocycles. The molecule has 2 aliphatic carbocycles. The predicted octanol–water partition coefficient (Wildman–Crippen LogP) is 2.08. The van der Waals surface area contributed by atoms with Gasteiger partial charge in [-0.25, -0.2) is 23.3 Å². The SMILES string of the molecule is CCCC1=[C-]CC(CCC)=C1.CCCC1=[C-]CC(CCC)=C1.C[Si](C)=[Zr+2].[Cl-].[Cl-]. The second kappa shape index (κ2) is 22.3. The third kappa shape index (κ3) is 18.7. The first-order valence-corrected chi connectivity index (χ1v) is 16.7. The van der Waals surface area contributed by atoms with Crippen LogP contribution in [-0.4, -0.2) is 5.43 Å². The molecule has 28 heavy (non-hydrogen) atoms. The van der Waals surface area contributed by atoms with Gasteiger partial charge in [0.25, 0.3) is 0 Å². The molecule has 0 saturated carbocycles. The van der Waals surface area contributed by atoms with E-state index in [-0.39, 0.29) is 30.2 Å². The Balaban J connectivity index is -0.000000355. The summed E-state index contributed by atoms with van der Waals surface area (Å²) in [5.41, 5.74) is 6.25. The number of halogens is 2. The average Bonchev–Trinajstić information content (AvgIpc) is 3.19. The van der Waals surface area contributed by atoms with Crippen LogP contribution in [0.3, 0.4) is 0 Å². The first kappa shape index (κ1) is 33.3. The summed E-state index contributed by atoms with van der Waals surface area (Å²) in [7, 11) is 0. The van der Waals surface area contributed by atoms with Gasteiger partial charge in [0.05, 0.1) is 0 Å². The van der Waals surface area contributed by atoms with Crippen LogP contribution in [0.2, 0.25) is 13.1 Å². The van der Waals surface area contributed by atoms with E-state index in [9.17, 15) is 0 Å². The van der Waals surface area contributed by atoms with E-state index in [4.69, 9.17) is 0 Å². The topological polar surface area (TPSA) is 0 Å². The Hall–Kier alpha value is 0.640. The van der Waals surface area contributed by atoms with Gasteiger partial charge in [0.1, 0.15) is 0 Å². The maximum Gasteiger partial charge on any atom is -1.00 e. The molecular weight excluding hydrogens is 478 g/mol. The molecule has 0 N–H and O–H groups in total. The molecule has 0 saturated heterocycles. The van der Waals surface area contributed by atoms with Crippen molar-refractivity contribution in [1.29, 1.82) is 0 Å². The molecule has 2 aliphatic rings. The molecule has 4 heteroatoms. The van der Waals surface area contributed by atoms with Crippen molar-refractivity contribution in [3.05, 3.63) is 46.6 Å². The molecule has 0 aliphatic heterocycles. The molecular formula is C24H40Cl2SiZr-2. The third-order valence-electron chi connectivity index (χ3n) is 4.02. The van der Waals surface area contributed by atoms with Crippen molar-refractivity contribution in [3.8, 4) is 0 Å². The fourth-order valence-corrected chi connectivity index (χ4v) is 2.97. The fourth-order valence-electron chi connectivity index (χ4n) is 2.97. The van der Waals surface area contributed by atoms with Crippen molar-refractivity contribution in [3.63, 3.8) is 0 Å². The second-order valence-electron chi connectivity index (χ2n) is 7.36. The zero-order valence-corrected chi connectivity index (χ0v) is 24.0. The summed E-state index contributed by atoms with van der Waals surface area (Å²) in [5.74, 6) is 0. The minimum atomic E-state index is 0. The van der Waals surface area contributed by atoms with Crippen LogP contribution in [0.4, 0.5) is 0 Å². The first-order chi connectivity index (χ1) is 12.5. The van der Waals surface area contributed by atoms with Crippen molar-refractivity contribution >= 4 is 5.43 Å². The zero-order chi connectivity index (χ0) is 19.8. The van der Waals surface area contributed by atoms with Crippen LogP contribution >= 0.6 is 0 Å². The summed E-state index contributed by atoms with van der Waals surface area (Å²) in [5, 5.41) is 0. The summed E-state index contributed by atoms with van der Waals surface area (Å²) < 4.78 is 0. The van der Waals surface area contributed by atoms with Crippen LogP contribution < -0.4 is 24.8 Å². The van der Waals surface area contributed by atoms with Crippen LogP contribution in [0, 0.1) is 12.2 Å². The summed E-state index contributed by atoms with van der Waals surface area (Å²) in [4.78, 5) is 0. The molecule has 0 nitrogen and oxygen atoms in total. The van der Waals surface area contributed by atoms with Gasteiger partial charge < -0.3 is 24.8 Å². The smallest absolute Gasteiger partial charge is 1.00 e. The average molecular weight is 519 g/mol. The zero-order valence-electron chi connectivity index (χ0n) is 19.0. The minimum absolute atomic E-state index is 0. The van der Waals surface area contributed by atoms with Crippen LogP contribution in [-0.2, 0) is 23.3 Å². The molecule has 0 bridgehead atoms. The molecule has 0 aromatic carbocycles. The van der Waals surface area contributed by atoms with Gasteiger partial charge in [0.15, 0.2) is 0 Å². The Morgan fingerprint density at radius 2 is 1.00 bits per heavy atom. The van der Waals surface area contributed by atoms with Gasteiger partial charge in [0, 0.05) is 0 Å². The molecule has 0 radical (unpaired) electrons. The van der Waals surface area contributed by atoms with Crippen molar-refractivity contribution in [1.82, 2.24) is 0 Å². The fraction of sp³-hybridized carbons (Fsp3) is 0.667. The summed E-state index contributed by atoms with van der Waals surface area (Å²) in [6.45, 7) is 13.5. The molecule has 0 aromatic heterocycles. The maximum atomic E-state index is 3.42. The Labute approximate surface area is 204 Å². The van der Waals surface area contributed by atoms with Crippen LogP contribution in [0.15, 0.2) is 34.4 Å². The monoisotopic (exact) mass is 516 g/mol. The molecule has 0 atom stereocenters. The molecule has 0 amide bonds. The minimum Gasteiger partial charge on any atom is -1.00 e. The number of hydrogen-bond donors (Lipinski definition) is 0. The van der Waals surface area contributed by atoms with Gasteiger partial charge in [-0.2, -0.15) is 11.1 Å². The van der Waals surface area contributed by atoms with Crippen molar-refractivity contribution < 1.29 is 48.1 Å². The molecule has 0 unspecified atom stereocenters. The number of rotatable bonds is 8. The van der Waals surface area contributed by atoms with Gasteiger partial charge in [-0.15, -0.1) is 12.8 Å². The Morgan fingerprint density at radius 3 is 1.25 bits per heavy atom.